The summed E-state index contributed by atoms with van der Waals surface area (Å²) in [6, 6.07) is 8.07. The molecule has 2 N–H and O–H groups in total. The van der Waals surface area contributed by atoms with E-state index in [0.717, 1.165) is 12.2 Å². The van der Waals surface area contributed by atoms with Crippen molar-refractivity contribution in [2.75, 3.05) is 13.2 Å². The smallest absolute Gasteiger partial charge is 0.234 e. The zero-order valence-corrected chi connectivity index (χ0v) is 13.8. The molecule has 118 valence electrons. The summed E-state index contributed by atoms with van der Waals surface area (Å²) < 4.78 is 5.68. The number of hydrogen-bond donors (Lipinski definition) is 2. The summed E-state index contributed by atoms with van der Waals surface area (Å²) >= 11 is 0. The monoisotopic (exact) mass is 292 g/mol. The number of carbonyl (C=O) groups excluding carboxylic acids is 1. The molecule has 0 bridgehead atoms. The molecule has 0 aromatic heterocycles. The Balaban J connectivity index is 2.26. The highest BCUT2D eigenvalue weighted by atomic mass is 16.5. The van der Waals surface area contributed by atoms with Crippen molar-refractivity contribution in [2.45, 2.75) is 52.6 Å². The van der Waals surface area contributed by atoms with Crippen LogP contribution in [0.2, 0.25) is 0 Å². The Morgan fingerprint density at radius 2 is 1.90 bits per heavy atom. The van der Waals surface area contributed by atoms with E-state index in [4.69, 9.17) is 4.74 Å². The Morgan fingerprint density at radius 1 is 1.29 bits per heavy atom. The van der Waals surface area contributed by atoms with Gasteiger partial charge in [0.1, 0.15) is 12.4 Å². The van der Waals surface area contributed by atoms with Crippen LogP contribution in [0.1, 0.15) is 39.7 Å². The van der Waals surface area contributed by atoms with Crippen molar-refractivity contribution in [2.24, 2.45) is 0 Å². The van der Waals surface area contributed by atoms with Gasteiger partial charge in [0, 0.05) is 11.6 Å². The molecule has 0 saturated carbocycles. The largest absolute Gasteiger partial charge is 0.492 e. The Hall–Kier alpha value is -1.55. The molecule has 1 atom stereocenters. The second kappa shape index (κ2) is 8.03. The molecule has 4 heteroatoms. The molecular formula is C17H28N2O2. The molecule has 0 radical (unpaired) electrons. The van der Waals surface area contributed by atoms with Crippen molar-refractivity contribution in [1.29, 1.82) is 0 Å². The summed E-state index contributed by atoms with van der Waals surface area (Å²) in [4.78, 5) is 11.8. The van der Waals surface area contributed by atoms with Crippen molar-refractivity contribution in [1.82, 2.24) is 10.6 Å². The van der Waals surface area contributed by atoms with Crippen LogP contribution in [0.4, 0.5) is 0 Å². The normalized spacial score (nSPS) is 12.8. The predicted octanol–water partition coefficient (Wildman–Crippen LogP) is 2.66. The first-order valence-corrected chi connectivity index (χ1v) is 7.56. The Labute approximate surface area is 128 Å². The van der Waals surface area contributed by atoms with Crippen molar-refractivity contribution in [3.05, 3.63) is 29.8 Å². The number of rotatable bonds is 8. The summed E-state index contributed by atoms with van der Waals surface area (Å²) in [5, 5.41) is 6.17. The van der Waals surface area contributed by atoms with Crippen molar-refractivity contribution >= 4 is 5.91 Å². The molecule has 0 aliphatic heterocycles. The van der Waals surface area contributed by atoms with Gasteiger partial charge in [-0.25, -0.2) is 0 Å². The number of benzene rings is 1. The van der Waals surface area contributed by atoms with Gasteiger partial charge in [-0.1, -0.05) is 24.6 Å². The fourth-order valence-corrected chi connectivity index (χ4v) is 1.69. The third-order valence-corrected chi connectivity index (χ3v) is 3.49. The fourth-order valence-electron chi connectivity index (χ4n) is 1.69. The number of amides is 1. The molecule has 1 aromatic carbocycles. The number of aryl methyl sites for hydroxylation is 1. The van der Waals surface area contributed by atoms with Crippen molar-refractivity contribution in [3.63, 3.8) is 0 Å². The minimum absolute atomic E-state index is 0.0176. The SMILES string of the molecule is CCC(C)(C)NC(=O)CNC(C)COc1ccc(C)cc1. The Morgan fingerprint density at radius 3 is 2.48 bits per heavy atom. The van der Waals surface area contributed by atoms with Crippen molar-refractivity contribution < 1.29 is 9.53 Å². The van der Waals surface area contributed by atoms with Crippen LogP contribution in [0, 0.1) is 6.92 Å². The average molecular weight is 292 g/mol. The van der Waals surface area contributed by atoms with Gasteiger partial charge in [0.15, 0.2) is 0 Å². The van der Waals surface area contributed by atoms with Crippen LogP contribution < -0.4 is 15.4 Å². The van der Waals surface area contributed by atoms with Gasteiger partial charge in [0.05, 0.1) is 6.54 Å². The fraction of sp³-hybridized carbons (Fsp3) is 0.588. The summed E-state index contributed by atoms with van der Waals surface area (Å²) in [7, 11) is 0. The summed E-state index contributed by atoms with van der Waals surface area (Å²) in [5.41, 5.74) is 1.06. The third-order valence-electron chi connectivity index (χ3n) is 3.49. The van der Waals surface area contributed by atoms with Gasteiger partial charge in [-0.2, -0.15) is 0 Å². The summed E-state index contributed by atoms with van der Waals surface area (Å²) in [6.07, 6.45) is 0.908. The molecule has 1 unspecified atom stereocenters. The standard InChI is InChI=1S/C17H28N2O2/c1-6-17(4,5)19-16(20)11-18-14(3)12-21-15-9-7-13(2)8-10-15/h7-10,14,18H,6,11-12H2,1-5H3,(H,19,20). The third kappa shape index (κ3) is 7.14. The van der Waals surface area contributed by atoms with Crippen LogP contribution in [0.3, 0.4) is 0 Å². The lowest BCUT2D eigenvalue weighted by Gasteiger charge is -2.25. The van der Waals surface area contributed by atoms with Gasteiger partial charge < -0.3 is 15.4 Å². The van der Waals surface area contributed by atoms with E-state index in [0.29, 0.717) is 13.2 Å². The molecule has 0 aliphatic carbocycles. The highest BCUT2D eigenvalue weighted by molar-refractivity contribution is 5.78. The maximum absolute atomic E-state index is 11.8. The lowest BCUT2D eigenvalue weighted by molar-refractivity contribution is -0.122. The quantitative estimate of drug-likeness (QED) is 0.774. The number of nitrogens with one attached hydrogen (secondary N) is 2. The first kappa shape index (κ1) is 17.5. The molecule has 0 heterocycles. The molecule has 1 rings (SSSR count). The predicted molar refractivity (Wildman–Crippen MR) is 86.7 cm³/mol. The molecule has 0 fully saturated rings. The van der Waals surface area contributed by atoms with E-state index in [1.807, 2.05) is 52.0 Å². The topological polar surface area (TPSA) is 50.4 Å². The minimum atomic E-state index is -0.152. The lowest BCUT2D eigenvalue weighted by atomic mass is 10.0. The molecule has 0 aliphatic rings. The van der Waals surface area contributed by atoms with E-state index in [1.165, 1.54) is 5.56 Å². The first-order valence-electron chi connectivity index (χ1n) is 7.56. The zero-order chi connectivity index (χ0) is 15.9. The van der Waals surface area contributed by atoms with E-state index in [1.54, 1.807) is 0 Å². The van der Waals surface area contributed by atoms with Crippen LogP contribution in [0.5, 0.6) is 5.75 Å². The number of carbonyl (C=O) groups is 1. The van der Waals surface area contributed by atoms with Gasteiger partial charge >= 0.3 is 0 Å². The maximum Gasteiger partial charge on any atom is 0.234 e. The van der Waals surface area contributed by atoms with E-state index >= 15 is 0 Å². The second-order valence-corrected chi connectivity index (χ2v) is 6.19. The van der Waals surface area contributed by atoms with Gasteiger partial charge in [-0.05, 0) is 46.2 Å². The maximum atomic E-state index is 11.8. The first-order chi connectivity index (χ1) is 9.82. The highest BCUT2D eigenvalue weighted by Gasteiger charge is 2.17. The van der Waals surface area contributed by atoms with Crippen LogP contribution in [-0.2, 0) is 4.79 Å². The molecular weight excluding hydrogens is 264 g/mol. The number of hydrogen-bond acceptors (Lipinski definition) is 3. The van der Waals surface area contributed by atoms with E-state index in [-0.39, 0.29) is 17.5 Å². The highest BCUT2D eigenvalue weighted by Crippen LogP contribution is 2.11. The zero-order valence-electron chi connectivity index (χ0n) is 13.8. The Bertz CT molecular complexity index is 441. The molecule has 1 aromatic rings. The molecule has 0 saturated heterocycles. The van der Waals surface area contributed by atoms with Crippen LogP contribution in [0.15, 0.2) is 24.3 Å². The van der Waals surface area contributed by atoms with Gasteiger partial charge in [0.2, 0.25) is 5.91 Å². The lowest BCUT2D eigenvalue weighted by Crippen LogP contribution is -2.48. The van der Waals surface area contributed by atoms with Gasteiger partial charge in [-0.3, -0.25) is 4.79 Å². The van der Waals surface area contributed by atoms with Crippen LogP contribution in [-0.4, -0.2) is 30.6 Å². The van der Waals surface area contributed by atoms with E-state index < -0.39 is 0 Å². The Kier molecular flexibility index (Phi) is 6.69. The van der Waals surface area contributed by atoms with Gasteiger partial charge in [0.25, 0.3) is 0 Å². The van der Waals surface area contributed by atoms with Crippen LogP contribution >= 0.6 is 0 Å². The van der Waals surface area contributed by atoms with Gasteiger partial charge in [-0.15, -0.1) is 0 Å². The van der Waals surface area contributed by atoms with E-state index in [9.17, 15) is 4.79 Å². The molecule has 21 heavy (non-hydrogen) atoms. The number of ether oxygens (including phenoxy) is 1. The molecule has 1 amide bonds. The van der Waals surface area contributed by atoms with E-state index in [2.05, 4.69) is 17.6 Å². The molecule has 0 spiro atoms. The summed E-state index contributed by atoms with van der Waals surface area (Å²) in [5.74, 6) is 0.870. The summed E-state index contributed by atoms with van der Waals surface area (Å²) in [6.45, 7) is 11.0. The van der Waals surface area contributed by atoms with Crippen LogP contribution in [0.25, 0.3) is 0 Å². The molecule has 4 nitrogen and oxygen atoms in total. The van der Waals surface area contributed by atoms with Crippen molar-refractivity contribution in [3.8, 4) is 5.75 Å². The average Bonchev–Trinajstić information content (AvgIpc) is 2.44. The second-order valence-electron chi connectivity index (χ2n) is 6.19. The minimum Gasteiger partial charge on any atom is -0.492 e.